The molecule has 0 spiro atoms. The van der Waals surface area contributed by atoms with E-state index in [0.717, 1.165) is 11.3 Å². The fraction of sp³-hybridized carbons (Fsp3) is 0.158. The van der Waals surface area contributed by atoms with Gasteiger partial charge in [-0.3, -0.25) is 4.79 Å². The van der Waals surface area contributed by atoms with Crippen molar-refractivity contribution in [3.8, 4) is 0 Å². The minimum absolute atomic E-state index is 0.0873. The fourth-order valence-corrected chi connectivity index (χ4v) is 2.18. The quantitative estimate of drug-likeness (QED) is 0.627. The number of anilines is 1. The summed E-state index contributed by atoms with van der Waals surface area (Å²) in [6.07, 6.45) is 3.26. The van der Waals surface area contributed by atoms with Crippen LogP contribution in [0.15, 0.2) is 60.7 Å². The first-order valence-electron chi connectivity index (χ1n) is 7.38. The molecule has 4 heteroatoms. The summed E-state index contributed by atoms with van der Waals surface area (Å²) in [5, 5.41) is 0. The Morgan fingerprint density at radius 3 is 2.26 bits per heavy atom. The van der Waals surface area contributed by atoms with Crippen molar-refractivity contribution in [2.75, 3.05) is 18.6 Å². The second kappa shape index (κ2) is 7.94. The van der Waals surface area contributed by atoms with Crippen molar-refractivity contribution in [3.05, 3.63) is 71.8 Å². The second-order valence-corrected chi connectivity index (χ2v) is 4.86. The molecule has 0 bridgehead atoms. The fourth-order valence-electron chi connectivity index (χ4n) is 2.18. The number of amides is 1. The highest BCUT2D eigenvalue weighted by molar-refractivity contribution is 6.03. The van der Waals surface area contributed by atoms with Crippen LogP contribution in [-0.2, 0) is 9.53 Å². The first-order chi connectivity index (χ1) is 11.2. The van der Waals surface area contributed by atoms with Crippen LogP contribution in [0.1, 0.15) is 22.8 Å². The first-order valence-corrected chi connectivity index (χ1v) is 7.38. The van der Waals surface area contributed by atoms with E-state index in [1.807, 2.05) is 37.3 Å². The van der Waals surface area contributed by atoms with E-state index in [0.29, 0.717) is 12.1 Å². The summed E-state index contributed by atoms with van der Waals surface area (Å²) in [6, 6.07) is 16.4. The third-order valence-electron chi connectivity index (χ3n) is 3.40. The molecule has 0 aliphatic rings. The van der Waals surface area contributed by atoms with Crippen LogP contribution in [0, 0.1) is 0 Å². The van der Waals surface area contributed by atoms with Gasteiger partial charge in [0.05, 0.1) is 12.7 Å². The highest BCUT2D eigenvalue weighted by Gasteiger charge is 2.10. The van der Waals surface area contributed by atoms with Crippen LogP contribution in [0.4, 0.5) is 5.69 Å². The minimum Gasteiger partial charge on any atom is -0.465 e. The van der Waals surface area contributed by atoms with Crippen molar-refractivity contribution < 1.29 is 14.3 Å². The Labute approximate surface area is 136 Å². The molecule has 0 saturated heterocycles. The molecule has 0 fully saturated rings. The smallest absolute Gasteiger partial charge is 0.337 e. The van der Waals surface area contributed by atoms with E-state index in [1.54, 1.807) is 35.2 Å². The predicted octanol–water partition coefficient (Wildman–Crippen LogP) is 3.54. The zero-order chi connectivity index (χ0) is 16.7. The minimum atomic E-state index is -0.377. The third-order valence-corrected chi connectivity index (χ3v) is 3.40. The number of hydrogen-bond donors (Lipinski definition) is 0. The van der Waals surface area contributed by atoms with E-state index >= 15 is 0 Å². The van der Waals surface area contributed by atoms with Gasteiger partial charge < -0.3 is 9.64 Å². The molecule has 4 nitrogen and oxygen atoms in total. The molecule has 0 saturated carbocycles. The maximum atomic E-state index is 12.3. The summed E-state index contributed by atoms with van der Waals surface area (Å²) in [7, 11) is 1.34. The number of rotatable bonds is 5. The average molecular weight is 309 g/mol. The molecule has 0 unspecified atom stereocenters. The largest absolute Gasteiger partial charge is 0.465 e. The van der Waals surface area contributed by atoms with Crippen molar-refractivity contribution in [2.45, 2.75) is 6.92 Å². The van der Waals surface area contributed by atoms with Crippen LogP contribution in [0.2, 0.25) is 0 Å². The molecule has 0 radical (unpaired) electrons. The van der Waals surface area contributed by atoms with E-state index in [2.05, 4.69) is 4.74 Å². The predicted molar refractivity (Wildman–Crippen MR) is 91.3 cm³/mol. The number of nitrogens with zero attached hydrogens (tertiary/aromatic N) is 1. The zero-order valence-corrected chi connectivity index (χ0v) is 13.2. The van der Waals surface area contributed by atoms with Gasteiger partial charge in [-0.05, 0) is 42.8 Å². The monoisotopic (exact) mass is 309 g/mol. The van der Waals surface area contributed by atoms with Crippen LogP contribution < -0.4 is 4.90 Å². The maximum absolute atomic E-state index is 12.3. The molecular weight excluding hydrogens is 290 g/mol. The molecule has 23 heavy (non-hydrogen) atoms. The Balaban J connectivity index is 2.09. The molecule has 0 N–H and O–H groups in total. The molecule has 2 aromatic carbocycles. The Bertz CT molecular complexity index is 690. The Morgan fingerprint density at radius 1 is 1.04 bits per heavy atom. The van der Waals surface area contributed by atoms with Crippen LogP contribution in [0.25, 0.3) is 6.08 Å². The lowest BCUT2D eigenvalue weighted by molar-refractivity contribution is -0.114. The molecule has 118 valence electrons. The number of methoxy groups -OCH3 is 1. The lowest BCUT2D eigenvalue weighted by atomic mass is 10.1. The standard InChI is InChI=1S/C19H19NO3/c1-3-20(17-7-5-4-6-8-17)18(21)14-11-15-9-12-16(13-10-15)19(22)23-2/h4-14H,3H2,1-2H3/b14-11+. The van der Waals surface area contributed by atoms with Gasteiger partial charge in [-0.1, -0.05) is 30.3 Å². The number of esters is 1. The third kappa shape index (κ3) is 4.30. The normalized spacial score (nSPS) is 10.5. The summed E-state index contributed by atoms with van der Waals surface area (Å²) in [4.78, 5) is 25.4. The molecular formula is C19H19NO3. The molecule has 2 aromatic rings. The highest BCUT2D eigenvalue weighted by atomic mass is 16.5. The number of hydrogen-bond acceptors (Lipinski definition) is 3. The van der Waals surface area contributed by atoms with Crippen LogP contribution in [-0.4, -0.2) is 25.5 Å². The highest BCUT2D eigenvalue weighted by Crippen LogP contribution is 2.14. The van der Waals surface area contributed by atoms with Crippen molar-refractivity contribution in [1.82, 2.24) is 0 Å². The van der Waals surface area contributed by atoms with E-state index in [4.69, 9.17) is 0 Å². The van der Waals surface area contributed by atoms with Gasteiger partial charge in [0.25, 0.3) is 5.91 Å². The van der Waals surface area contributed by atoms with Crippen LogP contribution in [0.3, 0.4) is 0 Å². The molecule has 2 rings (SSSR count). The van der Waals surface area contributed by atoms with Crippen LogP contribution >= 0.6 is 0 Å². The zero-order valence-electron chi connectivity index (χ0n) is 13.2. The Morgan fingerprint density at radius 2 is 1.70 bits per heavy atom. The summed E-state index contributed by atoms with van der Waals surface area (Å²) >= 11 is 0. The number of ether oxygens (including phenoxy) is 1. The van der Waals surface area contributed by atoms with E-state index in [-0.39, 0.29) is 11.9 Å². The van der Waals surface area contributed by atoms with Crippen molar-refractivity contribution in [1.29, 1.82) is 0 Å². The second-order valence-electron chi connectivity index (χ2n) is 4.86. The molecule has 0 aromatic heterocycles. The Hall–Kier alpha value is -2.88. The molecule has 0 aliphatic heterocycles. The van der Waals surface area contributed by atoms with Crippen molar-refractivity contribution in [2.24, 2.45) is 0 Å². The van der Waals surface area contributed by atoms with Gasteiger partial charge in [-0.15, -0.1) is 0 Å². The van der Waals surface area contributed by atoms with Gasteiger partial charge in [0.2, 0.25) is 0 Å². The summed E-state index contributed by atoms with van der Waals surface area (Å²) in [5.74, 6) is -0.464. The lowest BCUT2D eigenvalue weighted by Gasteiger charge is -2.19. The molecule has 1 amide bonds. The van der Waals surface area contributed by atoms with Gasteiger partial charge in [-0.2, -0.15) is 0 Å². The summed E-state index contributed by atoms with van der Waals surface area (Å²) in [5.41, 5.74) is 2.19. The number of carbonyl (C=O) groups excluding carboxylic acids is 2. The molecule has 0 atom stereocenters. The molecule has 0 heterocycles. The summed E-state index contributed by atoms with van der Waals surface area (Å²) < 4.78 is 4.65. The van der Waals surface area contributed by atoms with Crippen molar-refractivity contribution >= 4 is 23.6 Å². The van der Waals surface area contributed by atoms with Crippen molar-refractivity contribution in [3.63, 3.8) is 0 Å². The van der Waals surface area contributed by atoms with Gasteiger partial charge in [0.1, 0.15) is 0 Å². The van der Waals surface area contributed by atoms with Crippen LogP contribution in [0.5, 0.6) is 0 Å². The topological polar surface area (TPSA) is 46.6 Å². The van der Waals surface area contributed by atoms with E-state index < -0.39 is 0 Å². The maximum Gasteiger partial charge on any atom is 0.337 e. The SMILES string of the molecule is CCN(C(=O)/C=C/c1ccc(C(=O)OC)cc1)c1ccccc1. The van der Waals surface area contributed by atoms with Gasteiger partial charge in [0, 0.05) is 18.3 Å². The average Bonchev–Trinajstić information content (AvgIpc) is 2.61. The van der Waals surface area contributed by atoms with Gasteiger partial charge in [-0.25, -0.2) is 4.79 Å². The number of carbonyl (C=O) groups is 2. The van der Waals surface area contributed by atoms with Gasteiger partial charge in [0.15, 0.2) is 0 Å². The summed E-state index contributed by atoms with van der Waals surface area (Å²) in [6.45, 7) is 2.53. The first kappa shape index (κ1) is 16.5. The Kier molecular flexibility index (Phi) is 5.69. The van der Waals surface area contributed by atoms with Gasteiger partial charge >= 0.3 is 5.97 Å². The van der Waals surface area contributed by atoms with E-state index in [9.17, 15) is 9.59 Å². The lowest BCUT2D eigenvalue weighted by Crippen LogP contribution is -2.28. The van der Waals surface area contributed by atoms with E-state index in [1.165, 1.54) is 13.2 Å². The number of benzene rings is 2. The molecule has 0 aliphatic carbocycles. The number of para-hydroxylation sites is 1. The number of likely N-dealkylation sites (N-methyl/N-ethyl adjacent to an activating group) is 1.